The first-order chi connectivity index (χ1) is 13.2. The molecule has 0 radical (unpaired) electrons. The van der Waals surface area contributed by atoms with Crippen LogP contribution in [0.1, 0.15) is 57.2 Å². The third-order valence-corrected chi connectivity index (χ3v) is 5.58. The summed E-state index contributed by atoms with van der Waals surface area (Å²) in [6, 6.07) is 0.778. The topological polar surface area (TPSA) is 83.3 Å². The number of aliphatic imine (C=N–C) groups is 1. The molecule has 2 aliphatic rings. The molecule has 0 spiro atoms. The van der Waals surface area contributed by atoms with Gasteiger partial charge in [-0.05, 0) is 51.9 Å². The average Bonchev–Trinajstić information content (AvgIpc) is 3.40. The Kier molecular flexibility index (Phi) is 7.12. The fourth-order valence-electron chi connectivity index (χ4n) is 3.75. The first kappa shape index (κ1) is 19.7. The maximum atomic E-state index is 12.3. The molecule has 0 aromatic carbocycles. The van der Waals surface area contributed by atoms with E-state index in [1.165, 1.54) is 0 Å². The Balaban J connectivity index is 1.34. The van der Waals surface area contributed by atoms with E-state index in [1.54, 1.807) is 0 Å². The lowest BCUT2D eigenvalue weighted by molar-refractivity contribution is -0.126. The third kappa shape index (κ3) is 6.26. The number of aryl methyl sites for hydroxylation is 2. The van der Waals surface area contributed by atoms with E-state index in [9.17, 15) is 4.79 Å². The fourth-order valence-corrected chi connectivity index (χ4v) is 3.75. The predicted octanol–water partition coefficient (Wildman–Crippen LogP) is 1.97. The summed E-state index contributed by atoms with van der Waals surface area (Å²) in [4.78, 5) is 20.9. The van der Waals surface area contributed by atoms with Crippen molar-refractivity contribution in [2.24, 2.45) is 10.9 Å². The van der Waals surface area contributed by atoms with Gasteiger partial charge < -0.3 is 20.5 Å². The highest BCUT2D eigenvalue weighted by atomic mass is 16.2. The van der Waals surface area contributed by atoms with Gasteiger partial charge in [0.05, 0.1) is 0 Å². The number of carbonyl (C=O) groups is 1. The van der Waals surface area contributed by atoms with Crippen LogP contribution < -0.4 is 16.0 Å². The molecule has 2 aliphatic carbocycles. The van der Waals surface area contributed by atoms with E-state index in [0.29, 0.717) is 12.1 Å². The zero-order valence-electron chi connectivity index (χ0n) is 16.7. The molecule has 1 aromatic rings. The summed E-state index contributed by atoms with van der Waals surface area (Å²) in [6.07, 6.45) is 12.5. The largest absolute Gasteiger partial charge is 0.356 e. The lowest BCUT2D eigenvalue weighted by Gasteiger charge is -2.30. The van der Waals surface area contributed by atoms with Crippen molar-refractivity contribution < 1.29 is 4.79 Å². The molecule has 3 rings (SSSR count). The zero-order chi connectivity index (χ0) is 19.1. The van der Waals surface area contributed by atoms with Gasteiger partial charge in [0.2, 0.25) is 5.91 Å². The summed E-state index contributed by atoms with van der Waals surface area (Å²) in [5.41, 5.74) is 0. The number of nitrogens with one attached hydrogen (secondary N) is 3. The van der Waals surface area contributed by atoms with E-state index in [0.717, 1.165) is 76.2 Å². The van der Waals surface area contributed by atoms with Crippen molar-refractivity contribution in [2.45, 2.75) is 76.9 Å². The van der Waals surface area contributed by atoms with Crippen molar-refractivity contribution in [2.75, 3.05) is 13.6 Å². The Morgan fingerprint density at radius 3 is 2.78 bits per heavy atom. The molecule has 1 heterocycles. The number of unbranched alkanes of at least 4 members (excludes halogenated alkanes) is 1. The van der Waals surface area contributed by atoms with E-state index < -0.39 is 0 Å². The standard InChI is InChI=1S/C20H34N6O/c1-15-22-11-13-26(15)12-4-3-10-23-20(21-2)25-18-7-5-6-16(14-18)19(27)24-17-8-9-17/h11,13,16-18H,3-10,12,14H2,1-2H3,(H,24,27)(H2,21,23,25). The second-order valence-electron chi connectivity index (χ2n) is 7.86. The van der Waals surface area contributed by atoms with E-state index >= 15 is 0 Å². The van der Waals surface area contributed by atoms with Crippen LogP contribution in [0.3, 0.4) is 0 Å². The normalized spacial score (nSPS) is 23.1. The van der Waals surface area contributed by atoms with Gasteiger partial charge in [-0.1, -0.05) is 6.42 Å². The second kappa shape index (κ2) is 9.76. The van der Waals surface area contributed by atoms with Crippen molar-refractivity contribution in [3.8, 4) is 0 Å². The molecule has 7 heteroatoms. The van der Waals surface area contributed by atoms with Gasteiger partial charge in [0, 0.05) is 50.5 Å². The van der Waals surface area contributed by atoms with Gasteiger partial charge in [-0.15, -0.1) is 0 Å². The van der Waals surface area contributed by atoms with Crippen LogP contribution in [0.15, 0.2) is 17.4 Å². The number of carbonyl (C=O) groups excluding carboxylic acids is 1. The Morgan fingerprint density at radius 2 is 2.07 bits per heavy atom. The third-order valence-electron chi connectivity index (χ3n) is 5.58. The number of hydrogen-bond donors (Lipinski definition) is 3. The Morgan fingerprint density at radius 1 is 1.22 bits per heavy atom. The predicted molar refractivity (Wildman–Crippen MR) is 108 cm³/mol. The van der Waals surface area contributed by atoms with Crippen LogP contribution in [0.5, 0.6) is 0 Å². The highest BCUT2D eigenvalue weighted by Gasteiger charge is 2.31. The molecule has 2 saturated carbocycles. The smallest absolute Gasteiger partial charge is 0.223 e. The second-order valence-corrected chi connectivity index (χ2v) is 7.86. The van der Waals surface area contributed by atoms with Crippen molar-refractivity contribution in [1.29, 1.82) is 0 Å². The van der Waals surface area contributed by atoms with Gasteiger partial charge in [0.15, 0.2) is 5.96 Å². The van der Waals surface area contributed by atoms with E-state index in [4.69, 9.17) is 0 Å². The molecule has 27 heavy (non-hydrogen) atoms. The lowest BCUT2D eigenvalue weighted by Crippen LogP contribution is -2.47. The fraction of sp³-hybridized carbons (Fsp3) is 0.750. The number of nitrogens with zero attached hydrogens (tertiary/aromatic N) is 3. The zero-order valence-corrected chi connectivity index (χ0v) is 16.7. The van der Waals surface area contributed by atoms with Crippen molar-refractivity contribution >= 4 is 11.9 Å². The van der Waals surface area contributed by atoms with E-state index in [1.807, 2.05) is 26.4 Å². The molecule has 0 saturated heterocycles. The molecule has 7 nitrogen and oxygen atoms in total. The average molecular weight is 375 g/mol. The van der Waals surface area contributed by atoms with E-state index in [-0.39, 0.29) is 11.8 Å². The van der Waals surface area contributed by atoms with Crippen LogP contribution >= 0.6 is 0 Å². The van der Waals surface area contributed by atoms with Crippen molar-refractivity contribution in [3.05, 3.63) is 18.2 Å². The van der Waals surface area contributed by atoms with Crippen molar-refractivity contribution in [3.63, 3.8) is 0 Å². The number of guanidine groups is 1. The Bertz CT molecular complexity index is 636. The molecule has 150 valence electrons. The summed E-state index contributed by atoms with van der Waals surface area (Å²) in [5.74, 6) is 2.31. The summed E-state index contributed by atoms with van der Waals surface area (Å²) in [7, 11) is 1.81. The Hall–Kier alpha value is -2.05. The first-order valence-electron chi connectivity index (χ1n) is 10.4. The lowest BCUT2D eigenvalue weighted by atomic mass is 9.85. The summed E-state index contributed by atoms with van der Waals surface area (Å²) in [5, 5.41) is 10.1. The monoisotopic (exact) mass is 374 g/mol. The number of imidazole rings is 1. The van der Waals surface area contributed by atoms with Gasteiger partial charge in [0.1, 0.15) is 5.82 Å². The van der Waals surface area contributed by atoms with Crippen LogP contribution in [0, 0.1) is 12.8 Å². The molecular formula is C20H34N6O. The SMILES string of the molecule is CN=C(NCCCCn1ccnc1C)NC1CCCC(C(=O)NC2CC2)C1. The molecule has 0 aliphatic heterocycles. The molecule has 0 bridgehead atoms. The molecule has 1 aromatic heterocycles. The Labute approximate surface area is 162 Å². The molecule has 2 fully saturated rings. The van der Waals surface area contributed by atoms with Crippen LogP contribution in [-0.4, -0.2) is 47.1 Å². The van der Waals surface area contributed by atoms with Crippen LogP contribution in [-0.2, 0) is 11.3 Å². The quantitative estimate of drug-likeness (QED) is 0.369. The minimum absolute atomic E-state index is 0.147. The summed E-state index contributed by atoms with van der Waals surface area (Å²) >= 11 is 0. The number of rotatable bonds is 8. The van der Waals surface area contributed by atoms with E-state index in [2.05, 4.69) is 30.5 Å². The minimum Gasteiger partial charge on any atom is -0.356 e. The maximum Gasteiger partial charge on any atom is 0.223 e. The molecule has 3 N–H and O–H groups in total. The van der Waals surface area contributed by atoms with Gasteiger partial charge in [-0.25, -0.2) is 4.98 Å². The van der Waals surface area contributed by atoms with Gasteiger partial charge in [-0.2, -0.15) is 0 Å². The number of hydrogen-bond acceptors (Lipinski definition) is 3. The highest BCUT2D eigenvalue weighted by molar-refractivity contribution is 5.81. The minimum atomic E-state index is 0.147. The van der Waals surface area contributed by atoms with Crippen LogP contribution in [0.25, 0.3) is 0 Å². The molecule has 2 atom stereocenters. The van der Waals surface area contributed by atoms with Gasteiger partial charge in [-0.3, -0.25) is 9.79 Å². The molecular weight excluding hydrogens is 340 g/mol. The number of aromatic nitrogens is 2. The van der Waals surface area contributed by atoms with Crippen LogP contribution in [0.2, 0.25) is 0 Å². The molecule has 2 unspecified atom stereocenters. The van der Waals surface area contributed by atoms with Gasteiger partial charge in [0.25, 0.3) is 0 Å². The first-order valence-corrected chi connectivity index (χ1v) is 10.4. The maximum absolute atomic E-state index is 12.3. The van der Waals surface area contributed by atoms with Crippen molar-refractivity contribution in [1.82, 2.24) is 25.5 Å². The number of amides is 1. The van der Waals surface area contributed by atoms with Crippen LogP contribution in [0.4, 0.5) is 0 Å². The van der Waals surface area contributed by atoms with Gasteiger partial charge >= 0.3 is 0 Å². The summed E-state index contributed by atoms with van der Waals surface area (Å²) < 4.78 is 2.18. The molecule has 1 amide bonds. The highest BCUT2D eigenvalue weighted by Crippen LogP contribution is 2.26. The summed E-state index contributed by atoms with van der Waals surface area (Å²) in [6.45, 7) is 3.93.